The molecule has 0 radical (unpaired) electrons. The van der Waals surface area contributed by atoms with Crippen LogP contribution in [-0.2, 0) is 20.1 Å². The fourth-order valence-corrected chi connectivity index (χ4v) is 1.72. The molecule has 0 saturated carbocycles. The summed E-state index contributed by atoms with van der Waals surface area (Å²) in [5, 5.41) is 0. The third kappa shape index (κ3) is 1.94. The summed E-state index contributed by atoms with van der Waals surface area (Å²) in [5.74, 6) is -1.20. The van der Waals surface area contributed by atoms with Gasteiger partial charge >= 0.3 is 0 Å². The van der Waals surface area contributed by atoms with Crippen LogP contribution in [0.5, 0.6) is 0 Å². The van der Waals surface area contributed by atoms with E-state index in [0.29, 0.717) is 6.61 Å². The highest BCUT2D eigenvalue weighted by atomic mass is 16.7. The number of benzene rings is 1. The Bertz CT molecular complexity index is 336. The minimum Gasteiger partial charge on any atom is -0.340 e. The lowest BCUT2D eigenvalue weighted by atomic mass is 10.1. The first-order valence-corrected chi connectivity index (χ1v) is 5.10. The van der Waals surface area contributed by atoms with Crippen LogP contribution in [0.25, 0.3) is 0 Å². The monoisotopic (exact) mass is 206 g/mol. The van der Waals surface area contributed by atoms with Gasteiger partial charge in [-0.05, 0) is 13.3 Å². The molecule has 0 amide bonds. The Labute approximate surface area is 89.0 Å². The topological polar surface area (TPSA) is 35.5 Å². The molecule has 1 aliphatic heterocycles. The van der Waals surface area contributed by atoms with Crippen LogP contribution in [0.3, 0.4) is 0 Å². The van der Waals surface area contributed by atoms with Crippen molar-refractivity contribution in [2.24, 2.45) is 0 Å². The maximum atomic E-state index is 11.2. The Hall–Kier alpha value is -1.19. The van der Waals surface area contributed by atoms with Gasteiger partial charge in [-0.25, -0.2) is 0 Å². The van der Waals surface area contributed by atoms with E-state index in [2.05, 4.69) is 0 Å². The number of rotatable bonds is 2. The molecule has 0 aliphatic carbocycles. The normalized spacial score (nSPS) is 31.1. The molecular formula is C12H14O3. The molecule has 0 N–H and O–H groups in total. The summed E-state index contributed by atoms with van der Waals surface area (Å²) in [6.07, 6.45) is 1.60. The Kier molecular flexibility index (Phi) is 2.84. The fourth-order valence-electron chi connectivity index (χ4n) is 1.72. The van der Waals surface area contributed by atoms with Gasteiger partial charge in [0, 0.05) is 5.56 Å². The lowest BCUT2D eigenvalue weighted by molar-refractivity contribution is -0.273. The number of hydrogen-bond donors (Lipinski definition) is 0. The van der Waals surface area contributed by atoms with E-state index < -0.39 is 5.79 Å². The number of aldehydes is 1. The summed E-state index contributed by atoms with van der Waals surface area (Å²) < 4.78 is 11.1. The summed E-state index contributed by atoms with van der Waals surface area (Å²) in [4.78, 5) is 11.2. The summed E-state index contributed by atoms with van der Waals surface area (Å²) in [7, 11) is 0. The molecule has 2 rings (SSSR count). The quantitative estimate of drug-likeness (QED) is 0.693. The second-order valence-electron chi connectivity index (χ2n) is 3.72. The van der Waals surface area contributed by atoms with Crippen molar-refractivity contribution in [1.29, 1.82) is 0 Å². The van der Waals surface area contributed by atoms with Crippen LogP contribution in [0.2, 0.25) is 0 Å². The van der Waals surface area contributed by atoms with E-state index in [1.54, 1.807) is 0 Å². The Morgan fingerprint density at radius 1 is 1.40 bits per heavy atom. The number of hydrogen-bond acceptors (Lipinski definition) is 3. The van der Waals surface area contributed by atoms with Crippen molar-refractivity contribution >= 4 is 6.29 Å². The molecule has 2 atom stereocenters. The predicted octanol–water partition coefficient (Wildman–Crippen LogP) is 1.86. The van der Waals surface area contributed by atoms with E-state index in [-0.39, 0.29) is 6.10 Å². The van der Waals surface area contributed by atoms with Gasteiger partial charge < -0.3 is 9.47 Å². The van der Waals surface area contributed by atoms with Crippen molar-refractivity contribution in [1.82, 2.24) is 0 Å². The Morgan fingerprint density at radius 2 is 2.13 bits per heavy atom. The molecule has 80 valence electrons. The molecule has 3 nitrogen and oxygen atoms in total. The highest BCUT2D eigenvalue weighted by molar-refractivity contribution is 5.64. The van der Waals surface area contributed by atoms with Gasteiger partial charge in [0.25, 0.3) is 5.79 Å². The summed E-state index contributed by atoms with van der Waals surface area (Å²) in [6, 6.07) is 9.31. The molecule has 0 bridgehead atoms. The lowest BCUT2D eigenvalue weighted by Crippen LogP contribution is -2.42. The molecule has 1 saturated heterocycles. The van der Waals surface area contributed by atoms with Crippen molar-refractivity contribution in [3.05, 3.63) is 35.9 Å². The van der Waals surface area contributed by atoms with Gasteiger partial charge in [0.1, 0.15) is 0 Å². The predicted molar refractivity (Wildman–Crippen MR) is 55.3 cm³/mol. The average Bonchev–Trinajstić information content (AvgIpc) is 2.30. The molecule has 3 heteroatoms. The van der Waals surface area contributed by atoms with Gasteiger partial charge in [-0.1, -0.05) is 30.3 Å². The van der Waals surface area contributed by atoms with E-state index in [1.165, 1.54) is 0 Å². The van der Waals surface area contributed by atoms with Gasteiger partial charge in [-0.3, -0.25) is 4.79 Å². The van der Waals surface area contributed by atoms with Crippen molar-refractivity contribution in [2.75, 3.05) is 6.61 Å². The zero-order valence-corrected chi connectivity index (χ0v) is 8.68. The van der Waals surface area contributed by atoms with Crippen LogP contribution in [0.1, 0.15) is 18.9 Å². The first-order chi connectivity index (χ1) is 7.27. The number of carbonyl (C=O) groups excluding carboxylic acids is 1. The second kappa shape index (κ2) is 4.13. The van der Waals surface area contributed by atoms with E-state index in [9.17, 15) is 4.79 Å². The molecule has 1 aromatic rings. The molecule has 1 heterocycles. The van der Waals surface area contributed by atoms with Crippen molar-refractivity contribution in [2.45, 2.75) is 25.2 Å². The molecule has 0 aromatic heterocycles. The van der Waals surface area contributed by atoms with Gasteiger partial charge in [0.05, 0.1) is 12.7 Å². The molecule has 1 fully saturated rings. The zero-order valence-electron chi connectivity index (χ0n) is 8.68. The van der Waals surface area contributed by atoms with Crippen LogP contribution in [0.4, 0.5) is 0 Å². The van der Waals surface area contributed by atoms with E-state index in [0.717, 1.165) is 18.3 Å². The first kappa shape index (κ1) is 10.3. The minimum absolute atomic E-state index is 0.0455. The van der Waals surface area contributed by atoms with Crippen molar-refractivity contribution in [3.63, 3.8) is 0 Å². The smallest absolute Gasteiger partial charge is 0.253 e. The van der Waals surface area contributed by atoms with Crippen LogP contribution in [0, 0.1) is 0 Å². The molecule has 1 aliphatic rings. The summed E-state index contributed by atoms with van der Waals surface area (Å²) in [6.45, 7) is 2.50. The van der Waals surface area contributed by atoms with E-state index >= 15 is 0 Å². The first-order valence-electron chi connectivity index (χ1n) is 5.10. The van der Waals surface area contributed by atoms with E-state index in [4.69, 9.17) is 9.47 Å². The number of carbonyl (C=O) groups is 1. The molecule has 1 aromatic carbocycles. The lowest BCUT2D eigenvalue weighted by Gasteiger charge is -2.36. The third-order valence-electron chi connectivity index (χ3n) is 2.55. The molecule has 0 spiro atoms. The summed E-state index contributed by atoms with van der Waals surface area (Å²) >= 11 is 0. The van der Waals surface area contributed by atoms with E-state index in [1.807, 2.05) is 37.3 Å². The number of ether oxygens (including phenoxy) is 2. The zero-order chi connectivity index (χ0) is 10.7. The SMILES string of the molecule is C[C@@H]1CCO[C@@](C=O)(c2ccccc2)O1. The Balaban J connectivity index is 2.32. The maximum Gasteiger partial charge on any atom is 0.253 e. The maximum absolute atomic E-state index is 11.2. The largest absolute Gasteiger partial charge is 0.340 e. The van der Waals surface area contributed by atoms with Crippen LogP contribution >= 0.6 is 0 Å². The van der Waals surface area contributed by atoms with Crippen LogP contribution in [-0.4, -0.2) is 19.0 Å². The van der Waals surface area contributed by atoms with Gasteiger partial charge in [0.15, 0.2) is 6.29 Å². The van der Waals surface area contributed by atoms with Crippen LogP contribution < -0.4 is 0 Å². The van der Waals surface area contributed by atoms with Crippen molar-refractivity contribution < 1.29 is 14.3 Å². The van der Waals surface area contributed by atoms with Gasteiger partial charge in [-0.2, -0.15) is 0 Å². The van der Waals surface area contributed by atoms with Crippen LogP contribution in [0.15, 0.2) is 30.3 Å². The highest BCUT2D eigenvalue weighted by Crippen LogP contribution is 2.31. The average molecular weight is 206 g/mol. The second-order valence-corrected chi connectivity index (χ2v) is 3.72. The minimum atomic E-state index is -1.20. The molecule has 15 heavy (non-hydrogen) atoms. The summed E-state index contributed by atoms with van der Waals surface area (Å²) in [5.41, 5.74) is 0.756. The standard InChI is InChI=1S/C12H14O3/c1-10-7-8-14-12(9-13,15-10)11-5-3-2-4-6-11/h2-6,9-10H,7-8H2,1H3/t10-,12-/m1/s1. The Morgan fingerprint density at radius 3 is 2.73 bits per heavy atom. The fraction of sp³-hybridized carbons (Fsp3) is 0.417. The molecule has 0 unspecified atom stereocenters. The van der Waals surface area contributed by atoms with Crippen molar-refractivity contribution in [3.8, 4) is 0 Å². The van der Waals surface area contributed by atoms with Gasteiger partial charge in [-0.15, -0.1) is 0 Å². The molecular weight excluding hydrogens is 192 g/mol. The van der Waals surface area contributed by atoms with Gasteiger partial charge in [0.2, 0.25) is 0 Å². The third-order valence-corrected chi connectivity index (χ3v) is 2.55. The highest BCUT2D eigenvalue weighted by Gasteiger charge is 2.38.